The van der Waals surface area contributed by atoms with Gasteiger partial charge in [0.2, 0.25) is 0 Å². The zero-order valence-electron chi connectivity index (χ0n) is 9.81. The first-order valence-corrected chi connectivity index (χ1v) is 8.18. The summed E-state index contributed by atoms with van der Waals surface area (Å²) < 4.78 is 5.81. The number of halogens is 1. The summed E-state index contributed by atoms with van der Waals surface area (Å²) in [7, 11) is 0. The zero-order chi connectivity index (χ0) is 13.0. The summed E-state index contributed by atoms with van der Waals surface area (Å²) in [5.41, 5.74) is 1.11. The van der Waals surface area contributed by atoms with Crippen LogP contribution in [-0.2, 0) is 0 Å². The monoisotopic (exact) mass is 311 g/mol. The second-order valence-corrected chi connectivity index (χ2v) is 7.23. The largest absolute Gasteiger partial charge is 0.493 e. The first kappa shape index (κ1) is 11.9. The van der Waals surface area contributed by atoms with Crippen molar-refractivity contribution in [2.75, 3.05) is 12.4 Å². The van der Waals surface area contributed by atoms with Crippen molar-refractivity contribution in [3.8, 4) is 5.75 Å². The molecule has 1 aromatic heterocycles. The topological polar surface area (TPSA) is 42.1 Å². The number of H-pyrrole nitrogens is 1. The lowest BCUT2D eigenvalue weighted by molar-refractivity contribution is 0.219. The molecule has 0 fully saturated rings. The van der Waals surface area contributed by atoms with E-state index in [1.807, 2.05) is 18.2 Å². The van der Waals surface area contributed by atoms with Crippen LogP contribution in [0.15, 0.2) is 28.0 Å². The van der Waals surface area contributed by atoms with Crippen LogP contribution in [0.1, 0.15) is 16.4 Å². The highest BCUT2D eigenvalue weighted by atomic mass is 35.5. The number of hydrogen-bond acceptors (Lipinski definition) is 4. The summed E-state index contributed by atoms with van der Waals surface area (Å²) in [6.07, 6.45) is 0. The Bertz CT molecular complexity index is 709. The van der Waals surface area contributed by atoms with Crippen molar-refractivity contribution < 1.29 is 4.74 Å². The molecular formula is C13H10ClNO2S2. The van der Waals surface area contributed by atoms with Crippen LogP contribution in [0.5, 0.6) is 5.75 Å². The van der Waals surface area contributed by atoms with Crippen LogP contribution in [0.4, 0.5) is 0 Å². The molecule has 2 aromatic rings. The predicted molar refractivity (Wildman–Crippen MR) is 77.9 cm³/mol. The molecule has 19 heavy (non-hydrogen) atoms. The Hall–Kier alpha value is -0.910. The number of thiazole rings is 1. The molecule has 3 heterocycles. The lowest BCUT2D eigenvalue weighted by atomic mass is 9.84. The van der Waals surface area contributed by atoms with Crippen LogP contribution in [0.25, 0.3) is 0 Å². The van der Waals surface area contributed by atoms with Gasteiger partial charge < -0.3 is 9.72 Å². The van der Waals surface area contributed by atoms with E-state index >= 15 is 0 Å². The fraction of sp³-hybridized carbons (Fsp3) is 0.308. The standard InChI is InChI=1S/C13H10ClNO2S2/c14-7-1-2-9-8(3-7)10-6(4-17-9)5-18-12-11(10)19-13(16)15-12/h1-3,6,10H,4-5H2,(H,15,16)/t6-,10-/m0/s1. The molecule has 1 N–H and O–H groups in total. The molecule has 0 saturated carbocycles. The van der Waals surface area contributed by atoms with E-state index in [0.29, 0.717) is 17.5 Å². The van der Waals surface area contributed by atoms with E-state index < -0.39 is 0 Å². The first-order valence-electron chi connectivity index (χ1n) is 6.00. The average Bonchev–Trinajstić information content (AvgIpc) is 2.78. The Morgan fingerprint density at radius 3 is 3.21 bits per heavy atom. The second kappa shape index (κ2) is 4.30. The molecular weight excluding hydrogens is 302 g/mol. The van der Waals surface area contributed by atoms with E-state index in [1.165, 1.54) is 11.3 Å². The van der Waals surface area contributed by atoms with E-state index in [9.17, 15) is 4.79 Å². The lowest BCUT2D eigenvalue weighted by Gasteiger charge is -2.36. The third kappa shape index (κ3) is 1.83. The van der Waals surface area contributed by atoms with Crippen molar-refractivity contribution in [3.05, 3.63) is 43.3 Å². The van der Waals surface area contributed by atoms with E-state index in [4.69, 9.17) is 16.3 Å². The van der Waals surface area contributed by atoms with Gasteiger partial charge in [-0.05, 0) is 18.2 Å². The molecule has 3 nitrogen and oxygen atoms in total. The minimum Gasteiger partial charge on any atom is -0.493 e. The molecule has 1 aromatic carbocycles. The molecule has 0 aliphatic carbocycles. The van der Waals surface area contributed by atoms with Crippen molar-refractivity contribution in [3.63, 3.8) is 0 Å². The van der Waals surface area contributed by atoms with Crippen LogP contribution in [-0.4, -0.2) is 17.3 Å². The normalized spacial score (nSPS) is 24.1. The number of thioether (sulfide) groups is 1. The third-order valence-corrected chi connectivity index (χ3v) is 6.13. The summed E-state index contributed by atoms with van der Waals surface area (Å²) in [4.78, 5) is 15.7. The number of fused-ring (bicyclic) bond motifs is 5. The maximum atomic E-state index is 11.6. The van der Waals surface area contributed by atoms with Crippen LogP contribution in [0, 0.1) is 5.92 Å². The summed E-state index contributed by atoms with van der Waals surface area (Å²) in [6.45, 7) is 0.706. The highest BCUT2D eigenvalue weighted by molar-refractivity contribution is 7.99. The van der Waals surface area contributed by atoms with Gasteiger partial charge in [0.05, 0.1) is 11.6 Å². The smallest absolute Gasteiger partial charge is 0.305 e. The minimum atomic E-state index is 0.0215. The number of hydrogen-bond donors (Lipinski definition) is 1. The first-order chi connectivity index (χ1) is 9.22. The summed E-state index contributed by atoms with van der Waals surface area (Å²) >= 11 is 9.14. The number of aromatic amines is 1. The highest BCUT2D eigenvalue weighted by Crippen LogP contribution is 2.50. The molecule has 0 unspecified atom stereocenters. The molecule has 0 bridgehead atoms. The molecule has 0 radical (unpaired) electrons. The van der Waals surface area contributed by atoms with Gasteiger partial charge in [-0.15, -0.1) is 11.8 Å². The minimum absolute atomic E-state index is 0.0215. The van der Waals surface area contributed by atoms with Gasteiger partial charge >= 0.3 is 4.87 Å². The number of rotatable bonds is 0. The molecule has 0 amide bonds. The van der Waals surface area contributed by atoms with Gasteiger partial charge in [-0.2, -0.15) is 0 Å². The molecule has 2 aliphatic heterocycles. The maximum absolute atomic E-state index is 11.6. The van der Waals surface area contributed by atoms with Gasteiger partial charge in [0.15, 0.2) is 0 Å². The Morgan fingerprint density at radius 1 is 1.42 bits per heavy atom. The Kier molecular flexibility index (Phi) is 2.69. The van der Waals surface area contributed by atoms with Gasteiger partial charge in [-0.3, -0.25) is 4.79 Å². The van der Waals surface area contributed by atoms with Crippen LogP contribution < -0.4 is 9.61 Å². The van der Waals surface area contributed by atoms with E-state index in [2.05, 4.69) is 4.98 Å². The average molecular weight is 312 g/mol. The number of aromatic nitrogens is 1. The van der Waals surface area contributed by atoms with Crippen molar-refractivity contribution in [2.45, 2.75) is 10.9 Å². The van der Waals surface area contributed by atoms with Gasteiger partial charge in [-0.25, -0.2) is 0 Å². The molecule has 0 saturated heterocycles. The molecule has 98 valence electrons. The van der Waals surface area contributed by atoms with Crippen molar-refractivity contribution >= 4 is 34.7 Å². The van der Waals surface area contributed by atoms with Crippen molar-refractivity contribution in [1.29, 1.82) is 0 Å². The molecule has 6 heteroatoms. The highest BCUT2D eigenvalue weighted by Gasteiger charge is 2.38. The number of ether oxygens (including phenoxy) is 1. The van der Waals surface area contributed by atoms with Gasteiger partial charge in [0, 0.05) is 33.1 Å². The Balaban J connectivity index is 1.94. The van der Waals surface area contributed by atoms with E-state index in [0.717, 1.165) is 27.0 Å². The van der Waals surface area contributed by atoms with Crippen LogP contribution in [0.2, 0.25) is 5.02 Å². The molecule has 0 spiro atoms. The van der Waals surface area contributed by atoms with Crippen molar-refractivity contribution in [2.24, 2.45) is 5.92 Å². The van der Waals surface area contributed by atoms with Crippen LogP contribution >= 0.6 is 34.7 Å². The lowest BCUT2D eigenvalue weighted by Crippen LogP contribution is -2.30. The predicted octanol–water partition coefficient (Wildman–Crippen LogP) is 3.34. The fourth-order valence-corrected chi connectivity index (χ4v) is 5.36. The number of nitrogens with one attached hydrogen (secondary N) is 1. The van der Waals surface area contributed by atoms with Crippen molar-refractivity contribution in [1.82, 2.24) is 4.98 Å². The second-order valence-electron chi connectivity index (χ2n) is 4.75. The van der Waals surface area contributed by atoms with Gasteiger partial charge in [0.1, 0.15) is 5.75 Å². The maximum Gasteiger partial charge on any atom is 0.305 e. The fourth-order valence-electron chi connectivity index (χ4n) is 2.77. The molecule has 4 rings (SSSR count). The van der Waals surface area contributed by atoms with Gasteiger partial charge in [-0.1, -0.05) is 22.9 Å². The van der Waals surface area contributed by atoms with E-state index in [1.54, 1.807) is 11.8 Å². The summed E-state index contributed by atoms with van der Waals surface area (Å²) in [5, 5.41) is 1.73. The van der Waals surface area contributed by atoms with E-state index in [-0.39, 0.29) is 10.8 Å². The molecule has 2 atom stereocenters. The Morgan fingerprint density at radius 2 is 2.32 bits per heavy atom. The van der Waals surface area contributed by atoms with Crippen LogP contribution in [0.3, 0.4) is 0 Å². The van der Waals surface area contributed by atoms with Gasteiger partial charge in [0.25, 0.3) is 0 Å². The SMILES string of the molecule is O=c1[nH]c2c(s1)[C@@H]1c3cc(Cl)ccc3OC[C@H]1CS2. The summed E-state index contributed by atoms with van der Waals surface area (Å²) in [5.74, 6) is 2.51. The quantitative estimate of drug-likeness (QED) is 0.811. The summed E-state index contributed by atoms with van der Waals surface area (Å²) in [6, 6.07) is 5.74. The molecule has 2 aliphatic rings. The number of benzene rings is 1. The zero-order valence-corrected chi connectivity index (χ0v) is 12.2. The third-order valence-electron chi connectivity index (χ3n) is 3.60. The Labute approximate surface area is 122 Å².